The third-order valence-corrected chi connectivity index (χ3v) is 3.76. The largest absolute Gasteiger partial charge is 0.465 e. The van der Waals surface area contributed by atoms with Crippen LogP contribution in [0.1, 0.15) is 18.9 Å². The Morgan fingerprint density at radius 3 is 2.39 bits per heavy atom. The second-order valence-corrected chi connectivity index (χ2v) is 5.42. The lowest BCUT2D eigenvalue weighted by molar-refractivity contribution is 0.476. The minimum absolute atomic E-state index is 0.864. The standard InChI is InChI=1S/C22H20O/c1-2-18(12-13-19-8-4-3-5-9-19)17-23-22-15-14-20-10-6-7-11-21(20)16-22/h3-17H,2H2,1H3. The molecule has 1 heteroatoms. The van der Waals surface area contributed by atoms with Crippen molar-refractivity contribution >= 4 is 16.8 Å². The summed E-state index contributed by atoms with van der Waals surface area (Å²) in [5.74, 6) is 0.864. The van der Waals surface area contributed by atoms with Gasteiger partial charge in [-0.3, -0.25) is 0 Å². The summed E-state index contributed by atoms with van der Waals surface area (Å²) in [5, 5.41) is 2.42. The monoisotopic (exact) mass is 300 g/mol. The van der Waals surface area contributed by atoms with Gasteiger partial charge in [0.05, 0.1) is 6.26 Å². The minimum Gasteiger partial charge on any atom is -0.465 e. The van der Waals surface area contributed by atoms with Gasteiger partial charge >= 0.3 is 0 Å². The molecule has 1 nitrogen and oxygen atoms in total. The van der Waals surface area contributed by atoms with Crippen LogP contribution in [0, 0.1) is 0 Å². The zero-order valence-corrected chi connectivity index (χ0v) is 13.3. The van der Waals surface area contributed by atoms with Crippen molar-refractivity contribution in [3.63, 3.8) is 0 Å². The topological polar surface area (TPSA) is 9.23 Å². The lowest BCUT2D eigenvalue weighted by Crippen LogP contribution is -1.86. The lowest BCUT2D eigenvalue weighted by atomic mass is 10.1. The zero-order chi connectivity index (χ0) is 15.9. The summed E-state index contributed by atoms with van der Waals surface area (Å²) in [7, 11) is 0. The molecule has 0 amide bonds. The summed E-state index contributed by atoms with van der Waals surface area (Å²) in [6.07, 6.45) is 6.98. The quantitative estimate of drug-likeness (QED) is 0.401. The summed E-state index contributed by atoms with van der Waals surface area (Å²) in [6.45, 7) is 2.13. The molecule has 3 aromatic rings. The van der Waals surface area contributed by atoms with E-state index >= 15 is 0 Å². The van der Waals surface area contributed by atoms with Gasteiger partial charge < -0.3 is 4.74 Å². The normalized spacial score (nSPS) is 12.0. The van der Waals surface area contributed by atoms with Gasteiger partial charge in [0.1, 0.15) is 5.75 Å². The maximum absolute atomic E-state index is 5.84. The van der Waals surface area contributed by atoms with E-state index in [0.29, 0.717) is 0 Å². The van der Waals surface area contributed by atoms with Crippen molar-refractivity contribution in [1.29, 1.82) is 0 Å². The number of fused-ring (bicyclic) bond motifs is 1. The van der Waals surface area contributed by atoms with Gasteiger partial charge in [-0.15, -0.1) is 0 Å². The molecule has 3 aromatic carbocycles. The molecule has 0 N–H and O–H groups in total. The molecule has 0 aromatic heterocycles. The van der Waals surface area contributed by atoms with E-state index in [2.05, 4.69) is 55.5 Å². The van der Waals surface area contributed by atoms with E-state index in [9.17, 15) is 0 Å². The molecule has 0 unspecified atom stereocenters. The van der Waals surface area contributed by atoms with Crippen LogP contribution < -0.4 is 4.74 Å². The average Bonchev–Trinajstić information content (AvgIpc) is 2.62. The molecule has 0 saturated carbocycles. The van der Waals surface area contributed by atoms with E-state index in [1.54, 1.807) is 0 Å². The number of hydrogen-bond donors (Lipinski definition) is 0. The Morgan fingerprint density at radius 2 is 1.61 bits per heavy atom. The molecule has 0 fully saturated rings. The molecule has 0 saturated heterocycles. The van der Waals surface area contributed by atoms with Crippen molar-refractivity contribution in [1.82, 2.24) is 0 Å². The molecule has 0 aliphatic heterocycles. The van der Waals surface area contributed by atoms with Crippen LogP contribution in [-0.4, -0.2) is 0 Å². The third-order valence-electron chi connectivity index (χ3n) is 3.76. The number of benzene rings is 3. The molecule has 0 atom stereocenters. The fraction of sp³-hybridized carbons (Fsp3) is 0.0909. The fourth-order valence-corrected chi connectivity index (χ4v) is 2.39. The smallest absolute Gasteiger partial charge is 0.127 e. The second-order valence-electron chi connectivity index (χ2n) is 5.42. The minimum atomic E-state index is 0.864. The molecule has 114 valence electrons. The molecule has 0 spiro atoms. The number of rotatable bonds is 5. The van der Waals surface area contributed by atoms with Crippen molar-refractivity contribution in [3.05, 3.63) is 96.3 Å². The highest BCUT2D eigenvalue weighted by atomic mass is 16.5. The predicted octanol–water partition coefficient (Wildman–Crippen LogP) is 6.23. The molecule has 0 aliphatic carbocycles. The Hall–Kier alpha value is -2.80. The summed E-state index contributed by atoms with van der Waals surface area (Å²) < 4.78 is 5.84. The van der Waals surface area contributed by atoms with Crippen molar-refractivity contribution in [2.75, 3.05) is 0 Å². The second kappa shape index (κ2) is 7.46. The highest BCUT2D eigenvalue weighted by Gasteiger charge is 1.96. The van der Waals surface area contributed by atoms with Crippen molar-refractivity contribution in [2.24, 2.45) is 0 Å². The maximum atomic E-state index is 5.84. The molecule has 3 rings (SSSR count). The first-order chi connectivity index (χ1) is 11.3. The lowest BCUT2D eigenvalue weighted by Gasteiger charge is -2.04. The molecule has 0 bridgehead atoms. The van der Waals surface area contributed by atoms with E-state index in [0.717, 1.165) is 17.7 Å². The summed E-state index contributed by atoms with van der Waals surface area (Å²) in [6, 6.07) is 24.8. The molecule has 0 radical (unpaired) electrons. The first-order valence-corrected chi connectivity index (χ1v) is 7.93. The van der Waals surface area contributed by atoms with Crippen molar-refractivity contribution in [3.8, 4) is 5.75 Å². The van der Waals surface area contributed by atoms with Crippen LogP contribution in [0.3, 0.4) is 0 Å². The first-order valence-electron chi connectivity index (χ1n) is 7.93. The van der Waals surface area contributed by atoms with Crippen LogP contribution >= 0.6 is 0 Å². The molecule has 23 heavy (non-hydrogen) atoms. The van der Waals surface area contributed by atoms with E-state index in [-0.39, 0.29) is 0 Å². The van der Waals surface area contributed by atoms with Gasteiger partial charge in [-0.2, -0.15) is 0 Å². The van der Waals surface area contributed by atoms with Crippen molar-refractivity contribution in [2.45, 2.75) is 13.3 Å². The van der Waals surface area contributed by atoms with Gasteiger partial charge in [-0.1, -0.05) is 79.7 Å². The van der Waals surface area contributed by atoms with Crippen LogP contribution in [0.25, 0.3) is 16.8 Å². The Bertz CT molecular complexity index is 829. The predicted molar refractivity (Wildman–Crippen MR) is 98.4 cm³/mol. The average molecular weight is 300 g/mol. The molecule has 0 heterocycles. The van der Waals surface area contributed by atoms with E-state index in [1.165, 1.54) is 16.3 Å². The van der Waals surface area contributed by atoms with E-state index in [1.807, 2.05) is 42.7 Å². The Morgan fingerprint density at radius 1 is 0.870 bits per heavy atom. The number of ether oxygens (including phenoxy) is 1. The van der Waals surface area contributed by atoms with Crippen LogP contribution in [0.15, 0.2) is 90.7 Å². The van der Waals surface area contributed by atoms with Crippen LogP contribution in [-0.2, 0) is 0 Å². The van der Waals surface area contributed by atoms with Gasteiger partial charge in [0.2, 0.25) is 0 Å². The van der Waals surface area contributed by atoms with Gasteiger partial charge in [-0.05, 0) is 40.5 Å². The van der Waals surface area contributed by atoms with Crippen molar-refractivity contribution < 1.29 is 4.74 Å². The van der Waals surface area contributed by atoms with Gasteiger partial charge in [0.25, 0.3) is 0 Å². The molecular weight excluding hydrogens is 280 g/mol. The van der Waals surface area contributed by atoms with Gasteiger partial charge in [0.15, 0.2) is 0 Å². The van der Waals surface area contributed by atoms with Crippen LogP contribution in [0.2, 0.25) is 0 Å². The fourth-order valence-electron chi connectivity index (χ4n) is 2.39. The molecular formula is C22H20O. The summed E-state index contributed by atoms with van der Waals surface area (Å²) in [4.78, 5) is 0. The Labute approximate surface area is 137 Å². The zero-order valence-electron chi connectivity index (χ0n) is 13.3. The highest BCUT2D eigenvalue weighted by molar-refractivity contribution is 5.83. The summed E-state index contributed by atoms with van der Waals surface area (Å²) >= 11 is 0. The number of allylic oxidation sites excluding steroid dienone is 2. The molecule has 0 aliphatic rings. The van der Waals surface area contributed by atoms with Gasteiger partial charge in [-0.25, -0.2) is 0 Å². The SMILES string of the molecule is CCC(C=Cc1ccccc1)=COc1ccc2ccccc2c1. The van der Waals surface area contributed by atoms with Crippen LogP contribution in [0.5, 0.6) is 5.75 Å². The Balaban J connectivity index is 1.74. The van der Waals surface area contributed by atoms with Crippen LogP contribution in [0.4, 0.5) is 0 Å². The van der Waals surface area contributed by atoms with E-state index < -0.39 is 0 Å². The highest BCUT2D eigenvalue weighted by Crippen LogP contribution is 2.21. The summed E-state index contributed by atoms with van der Waals surface area (Å²) in [5.41, 5.74) is 2.35. The maximum Gasteiger partial charge on any atom is 0.127 e. The van der Waals surface area contributed by atoms with Gasteiger partial charge in [0, 0.05) is 0 Å². The third kappa shape index (κ3) is 4.10. The first kappa shape index (κ1) is 15.1. The van der Waals surface area contributed by atoms with E-state index in [4.69, 9.17) is 4.74 Å². The number of hydrogen-bond acceptors (Lipinski definition) is 1. The Kier molecular flexibility index (Phi) is 4.90.